The van der Waals surface area contributed by atoms with E-state index in [4.69, 9.17) is 4.74 Å². The Hall–Kier alpha value is -2.41. The van der Waals surface area contributed by atoms with Crippen molar-refractivity contribution >= 4 is 23.2 Å². The van der Waals surface area contributed by atoms with Crippen LogP contribution in [0.5, 0.6) is 5.75 Å². The molecule has 154 valence electrons. The molecule has 7 heteroatoms. The summed E-state index contributed by atoms with van der Waals surface area (Å²) in [5.74, 6) is -2.30. The molecular formula is C21H29NO6. The van der Waals surface area contributed by atoms with Crippen LogP contribution in [-0.2, 0) is 20.7 Å². The fraction of sp³-hybridized carbons (Fsp3) is 0.571. The predicted molar refractivity (Wildman–Crippen MR) is 105 cm³/mol. The Kier molecular flexibility index (Phi) is 7.57. The van der Waals surface area contributed by atoms with E-state index in [1.54, 1.807) is 13.0 Å². The summed E-state index contributed by atoms with van der Waals surface area (Å²) in [4.78, 5) is 36.9. The maximum absolute atomic E-state index is 12.7. The fourth-order valence-electron chi connectivity index (χ4n) is 3.30. The monoisotopic (exact) mass is 391 g/mol. The second-order valence-electron chi connectivity index (χ2n) is 7.38. The summed E-state index contributed by atoms with van der Waals surface area (Å²) in [7, 11) is 0. The minimum absolute atomic E-state index is 0.0253. The maximum Gasteiger partial charge on any atom is 0.342 e. The number of hydrogen-bond donors (Lipinski definition) is 3. The number of ether oxygens (including phenoxy) is 1. The van der Waals surface area contributed by atoms with Crippen molar-refractivity contribution < 1.29 is 29.3 Å². The molecule has 7 nitrogen and oxygen atoms in total. The van der Waals surface area contributed by atoms with Crippen LogP contribution in [0, 0.1) is 5.92 Å². The number of carbonyl (C=O) groups is 3. The lowest BCUT2D eigenvalue weighted by Gasteiger charge is -2.23. The summed E-state index contributed by atoms with van der Waals surface area (Å²) < 4.78 is 5.54. The third-order valence-electron chi connectivity index (χ3n) is 5.20. The molecule has 1 aromatic carbocycles. The van der Waals surface area contributed by atoms with E-state index in [0.717, 1.165) is 0 Å². The van der Waals surface area contributed by atoms with Crippen molar-refractivity contribution in [3.05, 3.63) is 23.3 Å². The average molecular weight is 391 g/mol. The highest BCUT2D eigenvalue weighted by Crippen LogP contribution is 2.30. The van der Waals surface area contributed by atoms with Crippen LogP contribution in [0.1, 0.15) is 62.4 Å². The van der Waals surface area contributed by atoms with E-state index in [1.165, 1.54) is 6.07 Å². The lowest BCUT2D eigenvalue weighted by molar-refractivity contribution is -0.142. The van der Waals surface area contributed by atoms with Crippen LogP contribution in [0.3, 0.4) is 0 Å². The molecule has 1 aromatic rings. The Morgan fingerprint density at radius 2 is 1.86 bits per heavy atom. The smallest absolute Gasteiger partial charge is 0.342 e. The molecule has 0 amide bonds. The standard InChI is InChI=1S/C21H29NO6/c1-4-22-15-10-14-6-5-7-16(23)20(26)17(24)9-8-12(2)13(3)28-21(27)19(14)18(25)11-15/h10-13,17,22,24-25H,4-9H2,1-3H3/t12-,13+,17?/m1/s1. The number of cyclic esters (lactones) is 1. The van der Waals surface area contributed by atoms with E-state index in [0.29, 0.717) is 37.1 Å². The summed E-state index contributed by atoms with van der Waals surface area (Å²) >= 11 is 0. The molecule has 1 aliphatic heterocycles. The molecule has 1 aliphatic rings. The van der Waals surface area contributed by atoms with Gasteiger partial charge in [-0.05, 0) is 57.1 Å². The van der Waals surface area contributed by atoms with Gasteiger partial charge in [-0.1, -0.05) is 6.92 Å². The highest BCUT2D eigenvalue weighted by molar-refractivity contribution is 6.38. The summed E-state index contributed by atoms with van der Waals surface area (Å²) in [6.07, 6.45) is -0.627. The van der Waals surface area contributed by atoms with Gasteiger partial charge in [0.25, 0.3) is 0 Å². The lowest BCUT2D eigenvalue weighted by Crippen LogP contribution is -2.30. The Balaban J connectivity index is 2.38. The molecule has 0 bridgehead atoms. The average Bonchev–Trinajstić information content (AvgIpc) is 2.64. The van der Waals surface area contributed by atoms with E-state index in [1.807, 2.05) is 13.8 Å². The zero-order valence-electron chi connectivity index (χ0n) is 16.7. The number of hydrogen-bond acceptors (Lipinski definition) is 7. The second kappa shape index (κ2) is 9.68. The number of nitrogens with one attached hydrogen (secondary N) is 1. The Morgan fingerprint density at radius 3 is 2.54 bits per heavy atom. The van der Waals surface area contributed by atoms with Crippen molar-refractivity contribution in [1.82, 2.24) is 0 Å². The van der Waals surface area contributed by atoms with Crippen molar-refractivity contribution in [2.24, 2.45) is 5.92 Å². The molecule has 1 heterocycles. The molecule has 0 aliphatic carbocycles. The highest BCUT2D eigenvalue weighted by Gasteiger charge is 2.28. The number of fused-ring (bicyclic) bond motifs is 1. The number of aliphatic hydroxyl groups excluding tert-OH is 1. The molecule has 3 N–H and O–H groups in total. The number of rotatable bonds is 2. The minimum atomic E-state index is -1.32. The first-order valence-electron chi connectivity index (χ1n) is 9.80. The number of phenolic OH excluding ortho intramolecular Hbond substituents is 1. The number of benzene rings is 1. The van der Waals surface area contributed by atoms with Gasteiger partial charge in [0.1, 0.15) is 23.5 Å². The molecular weight excluding hydrogens is 362 g/mol. The van der Waals surface area contributed by atoms with Crippen LogP contribution in [-0.4, -0.2) is 46.5 Å². The zero-order chi connectivity index (χ0) is 20.8. The van der Waals surface area contributed by atoms with Crippen molar-refractivity contribution in [2.45, 2.75) is 65.1 Å². The van der Waals surface area contributed by atoms with E-state index >= 15 is 0 Å². The van der Waals surface area contributed by atoms with Gasteiger partial charge in [-0.3, -0.25) is 9.59 Å². The van der Waals surface area contributed by atoms with Crippen LogP contribution < -0.4 is 5.32 Å². The largest absolute Gasteiger partial charge is 0.507 e. The van der Waals surface area contributed by atoms with Crippen molar-refractivity contribution in [3.63, 3.8) is 0 Å². The van der Waals surface area contributed by atoms with Crippen LogP contribution in [0.2, 0.25) is 0 Å². The van der Waals surface area contributed by atoms with Gasteiger partial charge in [0.15, 0.2) is 0 Å². The van der Waals surface area contributed by atoms with Crippen LogP contribution in [0.4, 0.5) is 5.69 Å². The van der Waals surface area contributed by atoms with Crippen LogP contribution >= 0.6 is 0 Å². The van der Waals surface area contributed by atoms with Gasteiger partial charge in [-0.15, -0.1) is 0 Å². The molecule has 28 heavy (non-hydrogen) atoms. The van der Waals surface area contributed by atoms with Crippen molar-refractivity contribution in [2.75, 3.05) is 11.9 Å². The quantitative estimate of drug-likeness (QED) is 0.525. The number of aromatic hydroxyl groups is 1. The third-order valence-corrected chi connectivity index (χ3v) is 5.20. The fourth-order valence-corrected chi connectivity index (χ4v) is 3.30. The number of Topliss-reactive ketones (excluding diaryl/α,β-unsaturated/α-hetero) is 2. The lowest BCUT2D eigenvalue weighted by atomic mass is 9.93. The second-order valence-corrected chi connectivity index (χ2v) is 7.38. The summed E-state index contributed by atoms with van der Waals surface area (Å²) in [5.41, 5.74) is 1.31. The zero-order valence-corrected chi connectivity index (χ0v) is 16.7. The predicted octanol–water partition coefficient (Wildman–Crippen LogP) is 2.62. The van der Waals surface area contributed by atoms with Crippen LogP contribution in [0.25, 0.3) is 0 Å². The number of ketones is 2. The number of esters is 1. The van der Waals surface area contributed by atoms with Gasteiger partial charge < -0.3 is 20.3 Å². The highest BCUT2D eigenvalue weighted by atomic mass is 16.5. The Bertz CT molecular complexity index is 745. The normalized spacial score (nSPS) is 24.9. The molecule has 2 rings (SSSR count). The van der Waals surface area contributed by atoms with E-state index in [2.05, 4.69) is 5.32 Å². The number of carbonyl (C=O) groups excluding carboxylic acids is 3. The first kappa shape index (κ1) is 21.9. The Labute approximate surface area is 165 Å². The molecule has 3 atom stereocenters. The van der Waals surface area contributed by atoms with Gasteiger partial charge in [0.2, 0.25) is 11.6 Å². The molecule has 1 unspecified atom stereocenters. The topological polar surface area (TPSA) is 113 Å². The summed E-state index contributed by atoms with van der Waals surface area (Å²) in [6.45, 7) is 6.13. The van der Waals surface area contributed by atoms with Gasteiger partial charge >= 0.3 is 5.97 Å². The van der Waals surface area contributed by atoms with Crippen LogP contribution in [0.15, 0.2) is 12.1 Å². The first-order valence-corrected chi connectivity index (χ1v) is 9.80. The maximum atomic E-state index is 12.7. The van der Waals surface area contributed by atoms with E-state index in [9.17, 15) is 24.6 Å². The number of aliphatic hydroxyl groups is 1. The van der Waals surface area contributed by atoms with Crippen molar-refractivity contribution in [3.8, 4) is 5.75 Å². The first-order chi connectivity index (χ1) is 13.2. The molecule has 0 saturated carbocycles. The molecule has 0 radical (unpaired) electrons. The van der Waals surface area contributed by atoms with E-state index < -0.39 is 29.7 Å². The minimum Gasteiger partial charge on any atom is -0.507 e. The number of anilines is 1. The molecule has 0 fully saturated rings. The molecule has 0 saturated heterocycles. The third kappa shape index (κ3) is 5.32. The van der Waals surface area contributed by atoms with E-state index in [-0.39, 0.29) is 30.1 Å². The summed E-state index contributed by atoms with van der Waals surface area (Å²) in [5, 5.41) is 23.5. The molecule has 0 aromatic heterocycles. The Morgan fingerprint density at radius 1 is 1.14 bits per heavy atom. The van der Waals surface area contributed by atoms with Gasteiger partial charge in [-0.2, -0.15) is 0 Å². The van der Waals surface area contributed by atoms with Gasteiger partial charge in [-0.25, -0.2) is 4.79 Å². The number of phenols is 1. The molecule has 0 spiro atoms. The SMILES string of the molecule is CCNc1cc(O)c2c(c1)CCCC(=O)C(=O)C(O)CC[C@@H](C)[C@H](C)OC2=O. The summed E-state index contributed by atoms with van der Waals surface area (Å²) in [6, 6.07) is 3.23. The van der Waals surface area contributed by atoms with Crippen molar-refractivity contribution in [1.29, 1.82) is 0 Å². The number of aryl methyl sites for hydroxylation is 1. The van der Waals surface area contributed by atoms with Gasteiger partial charge in [0, 0.05) is 24.7 Å². The van der Waals surface area contributed by atoms with Gasteiger partial charge in [0.05, 0.1) is 0 Å².